The molecule has 0 spiro atoms. The summed E-state index contributed by atoms with van der Waals surface area (Å²) in [6, 6.07) is -0.635. The van der Waals surface area contributed by atoms with Crippen LogP contribution in [0.4, 0.5) is 4.79 Å². The van der Waals surface area contributed by atoms with E-state index in [1.54, 1.807) is 0 Å². The highest BCUT2D eigenvalue weighted by molar-refractivity contribution is 8.00. The summed E-state index contributed by atoms with van der Waals surface area (Å²) in [5.41, 5.74) is 0. The van der Waals surface area contributed by atoms with E-state index in [0.29, 0.717) is 18.1 Å². The molecule has 25 heavy (non-hydrogen) atoms. The zero-order valence-electron chi connectivity index (χ0n) is 14.5. The van der Waals surface area contributed by atoms with Gasteiger partial charge in [-0.25, -0.2) is 9.59 Å². The summed E-state index contributed by atoms with van der Waals surface area (Å²) in [4.78, 5) is 46.1. The zero-order valence-corrected chi connectivity index (χ0v) is 15.3. The quantitative estimate of drug-likeness (QED) is 0.306. The molecule has 0 radical (unpaired) electrons. The number of methoxy groups -OCH3 is 1. The van der Waals surface area contributed by atoms with Gasteiger partial charge in [0, 0.05) is 23.8 Å². The van der Waals surface area contributed by atoms with E-state index in [-0.39, 0.29) is 36.2 Å². The summed E-state index contributed by atoms with van der Waals surface area (Å²) >= 11 is 1.84. The highest BCUT2D eigenvalue weighted by atomic mass is 32.2. The minimum absolute atomic E-state index is 0.0626. The van der Waals surface area contributed by atoms with E-state index >= 15 is 0 Å². The molecule has 3 amide bonds. The average molecular weight is 371 g/mol. The molecule has 0 saturated carbocycles. The molecule has 0 bridgehead atoms. The maximum absolute atomic E-state index is 12.0. The monoisotopic (exact) mass is 371 g/mol. The largest absolute Gasteiger partial charge is 0.467 e. The van der Waals surface area contributed by atoms with Crippen molar-refractivity contribution in [3.05, 3.63) is 0 Å². The first-order chi connectivity index (χ1) is 11.9. The van der Waals surface area contributed by atoms with Crippen LogP contribution in [-0.4, -0.2) is 59.9 Å². The molecule has 2 aliphatic rings. The molecular weight excluding hydrogens is 346 g/mol. The first-order valence-electron chi connectivity index (χ1n) is 8.46. The smallest absolute Gasteiger partial charge is 0.328 e. The van der Waals surface area contributed by atoms with Crippen LogP contribution in [0.5, 0.6) is 0 Å². The van der Waals surface area contributed by atoms with Gasteiger partial charge in [0.1, 0.15) is 11.8 Å². The molecule has 0 aromatic heterocycles. The SMILES string of the molecule is COC(=O)C(CC(C)=O)NC(=O)CCCCC1SCC2NC(=O)NC21. The second-order valence-electron chi connectivity index (χ2n) is 6.42. The second-order valence-corrected chi connectivity index (χ2v) is 7.69. The number of ketones is 1. The third kappa shape index (κ3) is 5.62. The zero-order chi connectivity index (χ0) is 18.4. The molecule has 8 nitrogen and oxygen atoms in total. The molecule has 2 saturated heterocycles. The molecular formula is C16H25N3O5S. The van der Waals surface area contributed by atoms with Crippen LogP contribution in [0, 0.1) is 0 Å². The number of thioether (sulfide) groups is 1. The van der Waals surface area contributed by atoms with Gasteiger partial charge in [0.05, 0.1) is 19.2 Å². The Morgan fingerprint density at radius 1 is 1.32 bits per heavy atom. The predicted molar refractivity (Wildman–Crippen MR) is 93.2 cm³/mol. The van der Waals surface area contributed by atoms with Gasteiger partial charge in [-0.1, -0.05) is 6.42 Å². The number of hydrogen-bond donors (Lipinski definition) is 3. The van der Waals surface area contributed by atoms with Crippen molar-refractivity contribution in [2.45, 2.75) is 62.4 Å². The van der Waals surface area contributed by atoms with Gasteiger partial charge in [-0.2, -0.15) is 11.8 Å². The Hall–Kier alpha value is -1.77. The number of unbranched alkanes of at least 4 members (excludes halogenated alkanes) is 1. The number of fused-ring (bicyclic) bond motifs is 1. The number of Topliss-reactive ketones (excluding diaryl/α,β-unsaturated/α-hetero) is 1. The lowest BCUT2D eigenvalue weighted by atomic mass is 10.0. The summed E-state index contributed by atoms with van der Waals surface area (Å²) < 4.78 is 4.61. The Balaban J connectivity index is 1.67. The number of ether oxygens (including phenoxy) is 1. The first kappa shape index (κ1) is 19.6. The highest BCUT2D eigenvalue weighted by Gasteiger charge is 2.42. The molecule has 4 unspecified atom stereocenters. The van der Waals surface area contributed by atoms with E-state index in [1.807, 2.05) is 11.8 Å². The van der Waals surface area contributed by atoms with Crippen LogP contribution in [-0.2, 0) is 19.1 Å². The molecule has 0 aromatic rings. The maximum Gasteiger partial charge on any atom is 0.328 e. The van der Waals surface area contributed by atoms with Crippen LogP contribution in [0.3, 0.4) is 0 Å². The number of carbonyl (C=O) groups is 4. The summed E-state index contributed by atoms with van der Waals surface area (Å²) in [6.07, 6.45) is 2.71. The van der Waals surface area contributed by atoms with E-state index in [1.165, 1.54) is 14.0 Å². The topological polar surface area (TPSA) is 114 Å². The number of urea groups is 1. The lowest BCUT2D eigenvalue weighted by molar-refractivity contribution is -0.146. The first-order valence-corrected chi connectivity index (χ1v) is 9.51. The molecule has 140 valence electrons. The van der Waals surface area contributed by atoms with Crippen LogP contribution in [0.2, 0.25) is 0 Å². The van der Waals surface area contributed by atoms with E-state index in [4.69, 9.17) is 0 Å². The van der Waals surface area contributed by atoms with Crippen molar-refractivity contribution in [3.63, 3.8) is 0 Å². The lowest BCUT2D eigenvalue weighted by Gasteiger charge is -2.17. The number of nitrogens with one attached hydrogen (secondary N) is 3. The Morgan fingerprint density at radius 2 is 2.08 bits per heavy atom. The molecule has 3 N–H and O–H groups in total. The average Bonchev–Trinajstić information content (AvgIpc) is 3.09. The summed E-state index contributed by atoms with van der Waals surface area (Å²) in [6.45, 7) is 1.37. The van der Waals surface area contributed by atoms with E-state index < -0.39 is 12.0 Å². The third-order valence-electron chi connectivity index (χ3n) is 4.39. The van der Waals surface area contributed by atoms with Crippen molar-refractivity contribution in [1.29, 1.82) is 0 Å². The van der Waals surface area contributed by atoms with Gasteiger partial charge in [-0.05, 0) is 19.8 Å². The fourth-order valence-corrected chi connectivity index (χ4v) is 4.71. The van der Waals surface area contributed by atoms with Crippen LogP contribution >= 0.6 is 11.8 Å². The molecule has 2 heterocycles. The van der Waals surface area contributed by atoms with Crippen molar-refractivity contribution in [3.8, 4) is 0 Å². The van der Waals surface area contributed by atoms with E-state index in [2.05, 4.69) is 20.7 Å². The Kier molecular flexibility index (Phi) is 7.10. The van der Waals surface area contributed by atoms with Crippen molar-refractivity contribution in [2.75, 3.05) is 12.9 Å². The van der Waals surface area contributed by atoms with Gasteiger partial charge in [0.15, 0.2) is 0 Å². The molecule has 0 aromatic carbocycles. The Bertz CT molecular complexity index is 542. The van der Waals surface area contributed by atoms with Gasteiger partial charge in [-0.15, -0.1) is 0 Å². The number of hydrogen-bond acceptors (Lipinski definition) is 6. The standard InChI is InChI=1S/C16H25N3O5S/c1-9(20)7-10(15(22)24-2)17-13(21)6-4-3-5-12-14-11(8-25-12)18-16(23)19-14/h10-12,14H,3-8H2,1-2H3,(H,17,21)(H2,18,19,23). The van der Waals surface area contributed by atoms with Crippen LogP contribution in [0.25, 0.3) is 0 Å². The molecule has 2 fully saturated rings. The molecule has 4 atom stereocenters. The van der Waals surface area contributed by atoms with E-state index in [0.717, 1.165) is 18.6 Å². The fraction of sp³-hybridized carbons (Fsp3) is 0.750. The normalized spacial score (nSPS) is 25.5. The highest BCUT2D eigenvalue weighted by Crippen LogP contribution is 2.33. The van der Waals surface area contributed by atoms with Crippen molar-refractivity contribution in [1.82, 2.24) is 16.0 Å². The van der Waals surface area contributed by atoms with Gasteiger partial charge >= 0.3 is 12.0 Å². The number of carbonyl (C=O) groups excluding carboxylic acids is 4. The Labute approximate surface area is 151 Å². The predicted octanol–water partition coefficient (Wildman–Crippen LogP) is 0.349. The molecule has 9 heteroatoms. The van der Waals surface area contributed by atoms with Crippen LogP contribution < -0.4 is 16.0 Å². The maximum atomic E-state index is 12.0. The van der Waals surface area contributed by atoms with Crippen LogP contribution in [0.15, 0.2) is 0 Å². The van der Waals surface area contributed by atoms with Gasteiger partial charge in [0.2, 0.25) is 5.91 Å². The number of esters is 1. The van der Waals surface area contributed by atoms with Crippen LogP contribution in [0.1, 0.15) is 39.0 Å². The molecule has 2 aliphatic heterocycles. The van der Waals surface area contributed by atoms with Gasteiger partial charge < -0.3 is 20.7 Å². The summed E-state index contributed by atoms with van der Waals surface area (Å²) in [5, 5.41) is 8.78. The Morgan fingerprint density at radius 3 is 2.76 bits per heavy atom. The number of amides is 3. The van der Waals surface area contributed by atoms with E-state index in [9.17, 15) is 19.2 Å². The fourth-order valence-electron chi connectivity index (χ4n) is 3.16. The second kappa shape index (κ2) is 9.07. The van der Waals surface area contributed by atoms with Crippen molar-refractivity contribution in [2.24, 2.45) is 0 Å². The van der Waals surface area contributed by atoms with Gasteiger partial charge in [-0.3, -0.25) is 9.59 Å². The lowest BCUT2D eigenvalue weighted by Crippen LogP contribution is -2.42. The van der Waals surface area contributed by atoms with Crippen molar-refractivity contribution < 1.29 is 23.9 Å². The number of rotatable bonds is 9. The minimum Gasteiger partial charge on any atom is -0.467 e. The summed E-state index contributed by atoms with van der Waals surface area (Å²) in [5.74, 6) is -0.137. The third-order valence-corrected chi connectivity index (χ3v) is 5.90. The van der Waals surface area contributed by atoms with Crippen molar-refractivity contribution >= 4 is 35.5 Å². The summed E-state index contributed by atoms with van der Waals surface area (Å²) in [7, 11) is 1.23. The molecule has 2 rings (SSSR count). The van der Waals surface area contributed by atoms with Gasteiger partial charge in [0.25, 0.3) is 0 Å². The minimum atomic E-state index is -0.916. The molecule has 0 aliphatic carbocycles.